The predicted octanol–water partition coefficient (Wildman–Crippen LogP) is 3.69. The third-order valence-electron chi connectivity index (χ3n) is 4.46. The summed E-state index contributed by atoms with van der Waals surface area (Å²) in [6, 6.07) is 17.3. The molecule has 0 fully saturated rings. The maximum absolute atomic E-state index is 10.8. The van der Waals surface area contributed by atoms with Gasteiger partial charge in [-0.3, -0.25) is 4.40 Å². The Morgan fingerprint density at radius 1 is 0.906 bits per heavy atom. The van der Waals surface area contributed by atoms with Crippen molar-refractivity contribution in [2.75, 3.05) is 13.2 Å². The third-order valence-corrected chi connectivity index (χ3v) is 5.62. The molecule has 32 heavy (non-hydrogen) atoms. The first kappa shape index (κ1) is 21.1. The molecule has 0 unspecified atom stereocenters. The molecular formula is C22H17N3O6S. The number of carboxylic acids is 2. The van der Waals surface area contributed by atoms with Crippen molar-refractivity contribution in [2.24, 2.45) is 10.3 Å². The number of para-hydroxylation sites is 1. The van der Waals surface area contributed by atoms with Gasteiger partial charge >= 0.3 is 11.9 Å². The number of nitrogens with zero attached hydrogens (tertiary/aromatic N) is 3. The number of aromatic nitrogens is 1. The van der Waals surface area contributed by atoms with Crippen LogP contribution >= 0.6 is 11.3 Å². The second kappa shape index (κ2) is 9.31. The number of benzene rings is 2. The zero-order valence-electron chi connectivity index (χ0n) is 16.5. The largest absolute Gasteiger partial charge is 0.479 e. The average molecular weight is 451 g/mol. The van der Waals surface area contributed by atoms with Crippen molar-refractivity contribution in [1.29, 1.82) is 0 Å². The van der Waals surface area contributed by atoms with Crippen LogP contribution in [0, 0.1) is 0 Å². The van der Waals surface area contributed by atoms with Gasteiger partial charge in [0.2, 0.25) is 13.2 Å². The highest BCUT2D eigenvalue weighted by molar-refractivity contribution is 7.24. The Balaban J connectivity index is 1.94. The maximum Gasteiger partial charge on any atom is 0.344 e. The lowest BCUT2D eigenvalue weighted by molar-refractivity contribution is -0.143. The smallest absolute Gasteiger partial charge is 0.344 e. The second-order valence-electron chi connectivity index (χ2n) is 6.55. The highest BCUT2D eigenvalue weighted by Gasteiger charge is 2.21. The molecule has 0 aliphatic carbocycles. The summed E-state index contributed by atoms with van der Waals surface area (Å²) in [5.74, 6) is -2.26. The molecule has 4 rings (SSSR count). The highest BCUT2D eigenvalue weighted by atomic mass is 32.1. The molecule has 0 saturated heterocycles. The van der Waals surface area contributed by atoms with Crippen LogP contribution < -0.4 is 0 Å². The molecule has 0 radical (unpaired) electrons. The quantitative estimate of drug-likeness (QED) is 0.296. The maximum atomic E-state index is 10.8. The van der Waals surface area contributed by atoms with Gasteiger partial charge in [-0.05, 0) is 17.7 Å². The van der Waals surface area contributed by atoms with Gasteiger partial charge in [0.1, 0.15) is 4.83 Å². The molecule has 0 aliphatic heterocycles. The summed E-state index contributed by atoms with van der Waals surface area (Å²) in [5.41, 5.74) is 3.94. The first-order valence-corrected chi connectivity index (χ1v) is 10.2. The van der Waals surface area contributed by atoms with Gasteiger partial charge in [-0.15, -0.1) is 11.3 Å². The molecule has 2 heterocycles. The van der Waals surface area contributed by atoms with Crippen LogP contribution in [0.3, 0.4) is 0 Å². The fraction of sp³-hybridized carbons (Fsp3) is 0.0909. The number of aliphatic carboxylic acids is 2. The Morgan fingerprint density at radius 3 is 2.22 bits per heavy atom. The van der Waals surface area contributed by atoms with E-state index < -0.39 is 25.2 Å². The number of oxime groups is 2. The average Bonchev–Trinajstić information content (AvgIpc) is 3.29. The molecule has 2 N–H and O–H groups in total. The van der Waals surface area contributed by atoms with Crippen LogP contribution in [0.4, 0.5) is 0 Å². The minimum atomic E-state index is -1.13. The Hall–Kier alpha value is -4.18. The van der Waals surface area contributed by atoms with E-state index in [-0.39, 0.29) is 0 Å². The zero-order chi connectivity index (χ0) is 22.5. The standard InChI is InChI=1S/C22H17N3O6S/c26-19(27)12-30-23-10-15-21(14-6-2-1-3-7-14)17(11-24-31-13-20(28)29)25-16-8-4-5-9-18(16)32-22(15)25/h1-11H,12-13H2,(H,26,27)(H,28,29)/b23-10+,24-11+. The minimum absolute atomic E-state index is 0.558. The molecule has 0 spiro atoms. The van der Waals surface area contributed by atoms with Crippen molar-refractivity contribution in [3.8, 4) is 11.1 Å². The predicted molar refractivity (Wildman–Crippen MR) is 121 cm³/mol. The number of thiazole rings is 1. The van der Waals surface area contributed by atoms with Crippen LogP contribution in [0.25, 0.3) is 26.2 Å². The number of fused-ring (bicyclic) bond motifs is 3. The molecular weight excluding hydrogens is 434 g/mol. The Kier molecular flexibility index (Phi) is 6.13. The van der Waals surface area contributed by atoms with Crippen LogP contribution in [0.2, 0.25) is 0 Å². The summed E-state index contributed by atoms with van der Waals surface area (Å²) in [5, 5.41) is 25.3. The van der Waals surface area contributed by atoms with E-state index in [4.69, 9.17) is 19.9 Å². The van der Waals surface area contributed by atoms with Crippen molar-refractivity contribution in [1.82, 2.24) is 4.40 Å². The lowest BCUT2D eigenvalue weighted by Crippen LogP contribution is -2.04. The first-order chi connectivity index (χ1) is 15.6. The summed E-state index contributed by atoms with van der Waals surface area (Å²) < 4.78 is 3.00. The van der Waals surface area contributed by atoms with Gasteiger partial charge in [-0.25, -0.2) is 9.59 Å². The number of carbonyl (C=O) groups is 2. The molecule has 2 aromatic heterocycles. The van der Waals surface area contributed by atoms with E-state index in [1.54, 1.807) is 0 Å². The zero-order valence-corrected chi connectivity index (χ0v) is 17.4. The van der Waals surface area contributed by atoms with Crippen molar-refractivity contribution in [3.63, 3.8) is 0 Å². The summed E-state index contributed by atoms with van der Waals surface area (Å²) >= 11 is 1.53. The van der Waals surface area contributed by atoms with E-state index in [2.05, 4.69) is 10.3 Å². The summed E-state index contributed by atoms with van der Waals surface area (Å²) in [6.07, 6.45) is 2.94. The van der Waals surface area contributed by atoms with E-state index in [9.17, 15) is 9.59 Å². The summed E-state index contributed by atoms with van der Waals surface area (Å²) in [7, 11) is 0. The van der Waals surface area contributed by atoms with Gasteiger partial charge < -0.3 is 19.9 Å². The molecule has 0 aliphatic rings. The Morgan fingerprint density at radius 2 is 1.53 bits per heavy atom. The van der Waals surface area contributed by atoms with Crippen LogP contribution in [-0.2, 0) is 19.3 Å². The van der Waals surface area contributed by atoms with Crippen LogP contribution in [0.15, 0.2) is 64.9 Å². The van der Waals surface area contributed by atoms with E-state index in [1.165, 1.54) is 23.8 Å². The molecule has 0 saturated carbocycles. The first-order valence-electron chi connectivity index (χ1n) is 9.42. The Labute approximate surface area is 185 Å². The Bertz CT molecular complexity index is 1340. The molecule has 0 amide bonds. The van der Waals surface area contributed by atoms with Gasteiger partial charge in [0.25, 0.3) is 0 Å². The molecule has 162 valence electrons. The van der Waals surface area contributed by atoms with Crippen molar-refractivity contribution >= 4 is 50.8 Å². The van der Waals surface area contributed by atoms with E-state index in [0.717, 1.165) is 26.2 Å². The third kappa shape index (κ3) is 4.30. The molecule has 0 atom stereocenters. The lowest BCUT2D eigenvalue weighted by Gasteiger charge is -2.04. The summed E-state index contributed by atoms with van der Waals surface area (Å²) in [4.78, 5) is 32.1. The van der Waals surface area contributed by atoms with Crippen LogP contribution in [-0.4, -0.2) is 52.2 Å². The molecule has 4 aromatic rings. The fourth-order valence-corrected chi connectivity index (χ4v) is 4.44. The molecule has 0 bridgehead atoms. The molecule has 10 heteroatoms. The van der Waals surface area contributed by atoms with Gasteiger partial charge in [0.05, 0.1) is 28.3 Å². The number of hydrogen-bond donors (Lipinski definition) is 2. The number of rotatable bonds is 9. The summed E-state index contributed by atoms with van der Waals surface area (Å²) in [6.45, 7) is -1.12. The van der Waals surface area contributed by atoms with E-state index in [1.807, 2.05) is 59.0 Å². The number of hydrogen-bond acceptors (Lipinski definition) is 7. The lowest BCUT2D eigenvalue weighted by atomic mass is 10.0. The van der Waals surface area contributed by atoms with E-state index >= 15 is 0 Å². The van der Waals surface area contributed by atoms with Crippen molar-refractivity contribution < 1.29 is 29.5 Å². The van der Waals surface area contributed by atoms with Gasteiger partial charge in [-0.1, -0.05) is 52.8 Å². The minimum Gasteiger partial charge on any atom is -0.479 e. The van der Waals surface area contributed by atoms with Gasteiger partial charge in [-0.2, -0.15) is 0 Å². The SMILES string of the molecule is O=C(O)CO/N=C/c1c(-c2ccccc2)c(/C=N/OCC(=O)O)n2c1sc1ccccc12. The van der Waals surface area contributed by atoms with Crippen molar-refractivity contribution in [3.05, 3.63) is 65.9 Å². The number of carboxylic acid groups (broad SMARTS) is 2. The molecule has 9 nitrogen and oxygen atoms in total. The normalized spacial score (nSPS) is 11.6. The van der Waals surface area contributed by atoms with Crippen molar-refractivity contribution in [2.45, 2.75) is 0 Å². The van der Waals surface area contributed by atoms with Crippen LogP contribution in [0.1, 0.15) is 11.3 Å². The second-order valence-corrected chi connectivity index (χ2v) is 7.58. The topological polar surface area (TPSA) is 122 Å². The van der Waals surface area contributed by atoms with Crippen LogP contribution in [0.5, 0.6) is 0 Å². The van der Waals surface area contributed by atoms with Gasteiger partial charge in [0.15, 0.2) is 0 Å². The molecule has 2 aromatic carbocycles. The fourth-order valence-electron chi connectivity index (χ4n) is 3.27. The highest BCUT2D eigenvalue weighted by Crippen LogP contribution is 2.38. The van der Waals surface area contributed by atoms with E-state index in [0.29, 0.717) is 11.3 Å². The van der Waals surface area contributed by atoms with Gasteiger partial charge in [0, 0.05) is 11.1 Å². The monoisotopic (exact) mass is 451 g/mol.